The summed E-state index contributed by atoms with van der Waals surface area (Å²) >= 11 is 0. The molecule has 0 bridgehead atoms. The van der Waals surface area contributed by atoms with Crippen LogP contribution in [-0.2, 0) is 4.74 Å². The Morgan fingerprint density at radius 3 is 2.62 bits per heavy atom. The summed E-state index contributed by atoms with van der Waals surface area (Å²) in [6, 6.07) is 4.34. The Bertz CT molecular complexity index is 505. The molecule has 1 rings (SSSR count). The highest BCUT2D eigenvalue weighted by Crippen LogP contribution is 2.37. The Balaban J connectivity index is 3.07. The molecule has 0 atom stereocenters. The van der Waals surface area contributed by atoms with Gasteiger partial charge in [0.1, 0.15) is 5.69 Å². The predicted octanol–water partition coefficient (Wildman–Crippen LogP) is 2.51. The van der Waals surface area contributed by atoms with Gasteiger partial charge in [-0.2, -0.15) is 0 Å². The molecule has 21 heavy (non-hydrogen) atoms. The van der Waals surface area contributed by atoms with Gasteiger partial charge in [-0.15, -0.1) is 0 Å². The molecule has 1 aromatic carbocycles. The number of hydrogen-bond acceptors (Lipinski definition) is 5. The fraction of sp³-hybridized carbons (Fsp3) is 0.462. The fourth-order valence-electron chi connectivity index (χ4n) is 1.91. The van der Waals surface area contributed by atoms with Gasteiger partial charge in [-0.25, -0.2) is 4.79 Å². The van der Waals surface area contributed by atoms with Crippen molar-refractivity contribution in [3.63, 3.8) is 0 Å². The van der Waals surface area contributed by atoms with Gasteiger partial charge in [0.05, 0.1) is 12.0 Å². The summed E-state index contributed by atoms with van der Waals surface area (Å²) in [7, 11) is 2.86. The zero-order valence-electron chi connectivity index (χ0n) is 11.9. The number of para-hydroxylation sites is 1. The lowest BCUT2D eigenvalue weighted by atomic mass is 10.2. The molecular formula is C13H18N2O6. The number of methoxy groups -OCH3 is 2. The Morgan fingerprint density at radius 2 is 2.10 bits per heavy atom. The molecular weight excluding hydrogens is 280 g/mol. The third-order valence-electron chi connectivity index (χ3n) is 2.88. The molecule has 0 aliphatic carbocycles. The van der Waals surface area contributed by atoms with Gasteiger partial charge >= 0.3 is 11.8 Å². The maximum atomic E-state index is 11.4. The van der Waals surface area contributed by atoms with Crippen molar-refractivity contribution in [1.29, 1.82) is 0 Å². The number of ether oxygens (including phenoxy) is 2. The predicted molar refractivity (Wildman–Crippen MR) is 76.1 cm³/mol. The first-order valence-electron chi connectivity index (χ1n) is 6.33. The average molecular weight is 298 g/mol. The van der Waals surface area contributed by atoms with E-state index in [9.17, 15) is 20.0 Å². The van der Waals surface area contributed by atoms with Gasteiger partial charge in [0.15, 0.2) is 5.75 Å². The lowest BCUT2D eigenvalue weighted by Crippen LogP contribution is -2.31. The quantitative estimate of drug-likeness (QED) is 0.449. The van der Waals surface area contributed by atoms with Crippen LogP contribution in [0.15, 0.2) is 18.2 Å². The summed E-state index contributed by atoms with van der Waals surface area (Å²) < 4.78 is 9.83. The fourth-order valence-corrected chi connectivity index (χ4v) is 1.91. The monoisotopic (exact) mass is 298 g/mol. The summed E-state index contributed by atoms with van der Waals surface area (Å²) in [5.41, 5.74) is -0.349. The molecule has 0 aliphatic rings. The van der Waals surface area contributed by atoms with Gasteiger partial charge in [0, 0.05) is 20.3 Å². The molecule has 1 N–H and O–H groups in total. The number of nitro benzene ring substituents is 1. The van der Waals surface area contributed by atoms with Crippen molar-refractivity contribution in [1.82, 2.24) is 0 Å². The van der Waals surface area contributed by atoms with Gasteiger partial charge in [-0.1, -0.05) is 6.07 Å². The Kier molecular flexibility index (Phi) is 6.41. The summed E-state index contributed by atoms with van der Waals surface area (Å²) in [6.45, 7) is 0.653. The van der Waals surface area contributed by atoms with Crippen LogP contribution in [0.25, 0.3) is 0 Å². The van der Waals surface area contributed by atoms with Gasteiger partial charge in [0.2, 0.25) is 0 Å². The molecule has 0 spiro atoms. The number of nitrogens with zero attached hydrogens (tertiary/aromatic N) is 2. The van der Waals surface area contributed by atoms with Crippen molar-refractivity contribution < 1.29 is 24.3 Å². The Morgan fingerprint density at radius 1 is 1.38 bits per heavy atom. The summed E-state index contributed by atoms with van der Waals surface area (Å²) in [5.74, 6) is 0.0284. The van der Waals surface area contributed by atoms with Crippen LogP contribution in [-0.4, -0.2) is 43.5 Å². The maximum Gasteiger partial charge on any atom is 0.412 e. The van der Waals surface area contributed by atoms with E-state index in [2.05, 4.69) is 0 Å². The number of nitro groups is 1. The zero-order valence-corrected chi connectivity index (χ0v) is 11.9. The highest BCUT2D eigenvalue weighted by atomic mass is 16.6. The van der Waals surface area contributed by atoms with Crippen molar-refractivity contribution in [2.24, 2.45) is 0 Å². The standard InChI is InChI=1S/C13H18N2O6/c1-20-9-4-3-8-14(13(16)17)10-6-5-7-11(21-2)12(10)15(18)19/h5-7H,3-4,8-9H2,1-2H3,(H,16,17). The molecule has 1 aromatic rings. The summed E-state index contributed by atoms with van der Waals surface area (Å²) in [5, 5.41) is 20.5. The van der Waals surface area contributed by atoms with Crippen molar-refractivity contribution in [3.05, 3.63) is 28.3 Å². The molecule has 0 saturated heterocycles. The largest absolute Gasteiger partial charge is 0.490 e. The number of anilines is 1. The van der Waals surface area contributed by atoms with Gasteiger partial charge in [0.25, 0.3) is 0 Å². The molecule has 8 nitrogen and oxygen atoms in total. The molecule has 0 heterocycles. The first kappa shape index (κ1) is 16.7. The maximum absolute atomic E-state index is 11.4. The van der Waals surface area contributed by atoms with Crippen molar-refractivity contribution in [3.8, 4) is 5.75 Å². The molecule has 1 amide bonds. The Hall–Kier alpha value is -2.35. The summed E-state index contributed by atoms with van der Waals surface area (Å²) in [4.78, 5) is 22.9. The lowest BCUT2D eigenvalue weighted by molar-refractivity contribution is -0.385. The van der Waals surface area contributed by atoms with Crippen LogP contribution >= 0.6 is 0 Å². The van der Waals surface area contributed by atoms with Gasteiger partial charge < -0.3 is 14.6 Å². The number of hydrogen-bond donors (Lipinski definition) is 1. The molecule has 0 saturated carbocycles. The minimum Gasteiger partial charge on any atom is -0.490 e. The van der Waals surface area contributed by atoms with E-state index in [1.54, 1.807) is 7.11 Å². The van der Waals surface area contributed by atoms with E-state index in [1.165, 1.54) is 25.3 Å². The second kappa shape index (κ2) is 8.05. The van der Waals surface area contributed by atoms with Gasteiger partial charge in [-0.05, 0) is 25.0 Å². The number of carbonyl (C=O) groups is 1. The van der Waals surface area contributed by atoms with E-state index in [0.717, 1.165) is 4.90 Å². The molecule has 0 radical (unpaired) electrons. The third kappa shape index (κ3) is 4.32. The average Bonchev–Trinajstić information content (AvgIpc) is 2.45. The third-order valence-corrected chi connectivity index (χ3v) is 2.88. The van der Waals surface area contributed by atoms with Crippen LogP contribution in [0.5, 0.6) is 5.75 Å². The van der Waals surface area contributed by atoms with Crippen LogP contribution in [0.2, 0.25) is 0 Å². The number of amides is 1. The first-order valence-corrected chi connectivity index (χ1v) is 6.33. The topological polar surface area (TPSA) is 102 Å². The number of carboxylic acid groups (broad SMARTS) is 1. The lowest BCUT2D eigenvalue weighted by Gasteiger charge is -2.19. The van der Waals surface area contributed by atoms with Crippen LogP contribution in [0.4, 0.5) is 16.2 Å². The van der Waals surface area contributed by atoms with E-state index in [-0.39, 0.29) is 23.7 Å². The molecule has 0 fully saturated rings. The van der Waals surface area contributed by atoms with E-state index >= 15 is 0 Å². The van der Waals surface area contributed by atoms with E-state index in [1.807, 2.05) is 0 Å². The van der Waals surface area contributed by atoms with Gasteiger partial charge in [-0.3, -0.25) is 15.0 Å². The van der Waals surface area contributed by atoms with Crippen molar-refractivity contribution in [2.75, 3.05) is 32.3 Å². The smallest absolute Gasteiger partial charge is 0.412 e. The molecule has 116 valence electrons. The molecule has 0 aliphatic heterocycles. The minimum atomic E-state index is -1.25. The van der Waals surface area contributed by atoms with Crippen LogP contribution in [0, 0.1) is 10.1 Å². The van der Waals surface area contributed by atoms with E-state index in [4.69, 9.17) is 9.47 Å². The second-order valence-electron chi connectivity index (χ2n) is 4.22. The number of rotatable bonds is 8. The number of unbranched alkanes of at least 4 members (excludes halogenated alkanes) is 1. The molecule has 0 unspecified atom stereocenters. The van der Waals surface area contributed by atoms with Crippen LogP contribution < -0.4 is 9.64 Å². The number of benzene rings is 1. The second-order valence-corrected chi connectivity index (χ2v) is 4.22. The SMILES string of the molecule is COCCCCN(C(=O)O)c1cccc(OC)c1[N+](=O)[O-]. The molecule has 0 aromatic heterocycles. The summed E-state index contributed by atoms with van der Waals surface area (Å²) in [6.07, 6.45) is -0.0456. The Labute approximate surface area is 122 Å². The van der Waals surface area contributed by atoms with Crippen LogP contribution in [0.1, 0.15) is 12.8 Å². The van der Waals surface area contributed by atoms with Crippen LogP contribution in [0.3, 0.4) is 0 Å². The first-order chi connectivity index (χ1) is 10.0. The highest BCUT2D eigenvalue weighted by Gasteiger charge is 2.27. The molecule has 8 heteroatoms. The minimum absolute atomic E-state index is 0.00395. The van der Waals surface area contributed by atoms with Crippen molar-refractivity contribution >= 4 is 17.5 Å². The highest BCUT2D eigenvalue weighted by molar-refractivity contribution is 5.90. The van der Waals surface area contributed by atoms with Crippen molar-refractivity contribution in [2.45, 2.75) is 12.8 Å². The zero-order chi connectivity index (χ0) is 15.8. The van der Waals surface area contributed by atoms with E-state index in [0.29, 0.717) is 19.4 Å². The van der Waals surface area contributed by atoms with E-state index < -0.39 is 11.0 Å². The normalized spacial score (nSPS) is 10.2.